The minimum absolute atomic E-state index is 0.0125. The highest BCUT2D eigenvalue weighted by molar-refractivity contribution is 5.95. The number of carbonyl (C=O) groups is 2. The summed E-state index contributed by atoms with van der Waals surface area (Å²) in [4.78, 5) is 28.8. The fourth-order valence-electron chi connectivity index (χ4n) is 3.29. The molecule has 1 aliphatic rings. The van der Waals surface area contributed by atoms with Gasteiger partial charge in [0.25, 0.3) is 5.91 Å². The molecule has 3 rings (SSSR count). The molecule has 1 aliphatic heterocycles. The van der Waals surface area contributed by atoms with Crippen molar-refractivity contribution in [1.29, 1.82) is 0 Å². The topological polar surface area (TPSA) is 71.1 Å². The second kappa shape index (κ2) is 10.7. The Kier molecular flexibility index (Phi) is 7.77. The SMILES string of the molecule is CCN1CCN(c2ccc(NC(=O)COC(=O)c3cccc(OC(F)F)c3)cc2)CC1. The lowest BCUT2D eigenvalue weighted by atomic mass is 10.2. The molecule has 0 aromatic heterocycles. The minimum atomic E-state index is -3.00. The fourth-order valence-corrected chi connectivity index (χ4v) is 3.29. The zero-order valence-corrected chi connectivity index (χ0v) is 17.2. The molecule has 2 aromatic carbocycles. The number of alkyl halides is 2. The van der Waals surface area contributed by atoms with E-state index in [9.17, 15) is 18.4 Å². The number of esters is 1. The highest BCUT2D eigenvalue weighted by Gasteiger charge is 2.16. The third-order valence-electron chi connectivity index (χ3n) is 4.96. The molecule has 1 saturated heterocycles. The zero-order chi connectivity index (χ0) is 22.2. The first-order valence-corrected chi connectivity index (χ1v) is 10.0. The van der Waals surface area contributed by atoms with E-state index in [1.807, 2.05) is 12.1 Å². The predicted molar refractivity (Wildman–Crippen MR) is 113 cm³/mol. The lowest BCUT2D eigenvalue weighted by Crippen LogP contribution is -2.46. The number of likely N-dealkylation sites (N-methyl/N-ethyl adjacent to an activating group) is 1. The molecule has 0 atom stereocenters. The number of nitrogens with one attached hydrogen (secondary N) is 1. The van der Waals surface area contributed by atoms with Gasteiger partial charge in [-0.1, -0.05) is 13.0 Å². The van der Waals surface area contributed by atoms with Crippen LogP contribution in [-0.4, -0.2) is 62.7 Å². The molecule has 1 N–H and O–H groups in total. The van der Waals surface area contributed by atoms with Gasteiger partial charge in [-0.3, -0.25) is 4.79 Å². The first-order valence-electron chi connectivity index (χ1n) is 10.0. The maximum atomic E-state index is 12.3. The van der Waals surface area contributed by atoms with E-state index in [4.69, 9.17) is 4.74 Å². The maximum absolute atomic E-state index is 12.3. The van der Waals surface area contributed by atoms with Crippen LogP contribution in [0.25, 0.3) is 0 Å². The number of hydrogen-bond donors (Lipinski definition) is 1. The summed E-state index contributed by atoms with van der Waals surface area (Å²) in [5, 5.41) is 2.67. The molecule has 0 aliphatic carbocycles. The lowest BCUT2D eigenvalue weighted by molar-refractivity contribution is -0.119. The van der Waals surface area contributed by atoms with Crippen molar-refractivity contribution in [2.45, 2.75) is 13.5 Å². The van der Waals surface area contributed by atoms with Gasteiger partial charge in [-0.25, -0.2) is 4.79 Å². The number of piperazine rings is 1. The van der Waals surface area contributed by atoms with Gasteiger partial charge in [-0.05, 0) is 49.0 Å². The summed E-state index contributed by atoms with van der Waals surface area (Å²) < 4.78 is 33.8. The van der Waals surface area contributed by atoms with Gasteiger partial charge < -0.3 is 24.6 Å². The standard InChI is InChI=1S/C22H25F2N3O4/c1-2-26-10-12-27(13-11-26)18-8-6-17(7-9-18)25-20(28)15-30-21(29)16-4-3-5-19(14-16)31-22(23)24/h3-9,14,22H,2,10-13,15H2,1H3,(H,25,28). The highest BCUT2D eigenvalue weighted by atomic mass is 19.3. The molecule has 1 heterocycles. The van der Waals surface area contributed by atoms with Gasteiger partial charge in [-0.2, -0.15) is 8.78 Å². The van der Waals surface area contributed by atoms with Crippen molar-refractivity contribution >= 4 is 23.3 Å². The van der Waals surface area contributed by atoms with Crippen LogP contribution in [0.1, 0.15) is 17.3 Å². The van der Waals surface area contributed by atoms with Crippen LogP contribution in [0.2, 0.25) is 0 Å². The van der Waals surface area contributed by atoms with E-state index in [1.165, 1.54) is 18.2 Å². The molecule has 1 amide bonds. The van der Waals surface area contributed by atoms with Gasteiger partial charge in [0.15, 0.2) is 6.61 Å². The van der Waals surface area contributed by atoms with E-state index in [0.717, 1.165) is 44.5 Å². The van der Waals surface area contributed by atoms with Crippen molar-refractivity contribution < 1.29 is 27.8 Å². The summed E-state index contributed by atoms with van der Waals surface area (Å²) in [6.07, 6.45) is 0. The molecule has 0 radical (unpaired) electrons. The molecule has 0 saturated carbocycles. The van der Waals surface area contributed by atoms with Crippen molar-refractivity contribution in [1.82, 2.24) is 4.90 Å². The van der Waals surface area contributed by atoms with Gasteiger partial charge in [0, 0.05) is 37.6 Å². The Morgan fingerprint density at radius 1 is 1.06 bits per heavy atom. The smallest absolute Gasteiger partial charge is 0.387 e. The summed E-state index contributed by atoms with van der Waals surface area (Å²) in [5.74, 6) is -1.47. The molecular formula is C22H25F2N3O4. The number of hydrogen-bond acceptors (Lipinski definition) is 6. The molecule has 166 valence electrons. The number of amides is 1. The average Bonchev–Trinajstić information content (AvgIpc) is 2.78. The Balaban J connectivity index is 1.47. The van der Waals surface area contributed by atoms with Crippen LogP contribution >= 0.6 is 0 Å². The average molecular weight is 433 g/mol. The van der Waals surface area contributed by atoms with Crippen molar-refractivity contribution in [2.24, 2.45) is 0 Å². The number of halogens is 2. The number of nitrogens with zero attached hydrogens (tertiary/aromatic N) is 2. The number of carbonyl (C=O) groups excluding carboxylic acids is 2. The minimum Gasteiger partial charge on any atom is -0.452 e. The van der Waals surface area contributed by atoms with Gasteiger partial charge in [0.05, 0.1) is 5.56 Å². The van der Waals surface area contributed by atoms with Crippen molar-refractivity contribution in [3.8, 4) is 5.75 Å². The van der Waals surface area contributed by atoms with E-state index >= 15 is 0 Å². The quantitative estimate of drug-likeness (QED) is 0.645. The van der Waals surface area contributed by atoms with Crippen molar-refractivity contribution in [2.75, 3.05) is 49.5 Å². The second-order valence-electron chi connectivity index (χ2n) is 7.00. The summed E-state index contributed by atoms with van der Waals surface area (Å²) in [6, 6.07) is 12.7. The van der Waals surface area contributed by atoms with E-state index in [2.05, 4.69) is 26.8 Å². The Morgan fingerprint density at radius 3 is 2.42 bits per heavy atom. The summed E-state index contributed by atoms with van der Waals surface area (Å²) in [6.45, 7) is 3.68. The van der Waals surface area contributed by atoms with Crippen LogP contribution in [-0.2, 0) is 9.53 Å². The van der Waals surface area contributed by atoms with E-state index in [0.29, 0.717) is 5.69 Å². The van der Waals surface area contributed by atoms with Gasteiger partial charge >= 0.3 is 12.6 Å². The van der Waals surface area contributed by atoms with Crippen molar-refractivity contribution in [3.05, 3.63) is 54.1 Å². The highest BCUT2D eigenvalue weighted by Crippen LogP contribution is 2.20. The second-order valence-corrected chi connectivity index (χ2v) is 7.00. The molecule has 2 aromatic rings. The summed E-state index contributed by atoms with van der Waals surface area (Å²) >= 11 is 0. The normalized spacial score (nSPS) is 14.4. The molecule has 0 bridgehead atoms. The van der Waals surface area contributed by atoms with Crippen molar-refractivity contribution in [3.63, 3.8) is 0 Å². The van der Waals surface area contributed by atoms with Crippen LogP contribution < -0.4 is 15.0 Å². The van der Waals surface area contributed by atoms with Crippen LogP contribution in [0.15, 0.2) is 48.5 Å². The zero-order valence-electron chi connectivity index (χ0n) is 17.2. The molecule has 1 fully saturated rings. The lowest BCUT2D eigenvalue weighted by Gasteiger charge is -2.35. The third kappa shape index (κ3) is 6.65. The summed E-state index contributed by atoms with van der Waals surface area (Å²) in [5.41, 5.74) is 1.69. The Bertz CT molecular complexity index is 885. The fraction of sp³-hybridized carbons (Fsp3) is 0.364. The van der Waals surface area contributed by atoms with E-state index in [-0.39, 0.29) is 11.3 Å². The monoisotopic (exact) mass is 433 g/mol. The molecule has 0 spiro atoms. The third-order valence-corrected chi connectivity index (χ3v) is 4.96. The molecule has 7 nitrogen and oxygen atoms in total. The maximum Gasteiger partial charge on any atom is 0.387 e. The Labute approximate surface area is 179 Å². The van der Waals surface area contributed by atoms with Gasteiger partial charge in [-0.15, -0.1) is 0 Å². The number of anilines is 2. The van der Waals surface area contributed by atoms with E-state index in [1.54, 1.807) is 12.1 Å². The van der Waals surface area contributed by atoms with Crippen LogP contribution in [0.4, 0.5) is 20.2 Å². The Hall–Kier alpha value is -3.20. The molecular weight excluding hydrogens is 408 g/mol. The number of ether oxygens (including phenoxy) is 2. The van der Waals surface area contributed by atoms with E-state index < -0.39 is 25.1 Å². The largest absolute Gasteiger partial charge is 0.452 e. The number of benzene rings is 2. The van der Waals surface area contributed by atoms with Crippen LogP contribution in [0.3, 0.4) is 0 Å². The van der Waals surface area contributed by atoms with Gasteiger partial charge in [0.2, 0.25) is 0 Å². The molecule has 9 heteroatoms. The first-order chi connectivity index (χ1) is 14.9. The predicted octanol–water partition coefficient (Wildman–Crippen LogP) is 3.23. The summed E-state index contributed by atoms with van der Waals surface area (Å²) in [7, 11) is 0. The molecule has 0 unspecified atom stereocenters. The molecule has 31 heavy (non-hydrogen) atoms. The first kappa shape index (κ1) is 22.5. The van der Waals surface area contributed by atoms with Crippen LogP contribution in [0.5, 0.6) is 5.75 Å². The Morgan fingerprint density at radius 2 is 1.77 bits per heavy atom. The number of rotatable bonds is 8. The van der Waals surface area contributed by atoms with Crippen LogP contribution in [0, 0.1) is 0 Å². The van der Waals surface area contributed by atoms with Gasteiger partial charge in [0.1, 0.15) is 5.75 Å².